The van der Waals surface area contributed by atoms with Crippen LogP contribution in [0.25, 0.3) is 0 Å². The van der Waals surface area contributed by atoms with Gasteiger partial charge in [-0.2, -0.15) is 0 Å². The second-order valence-corrected chi connectivity index (χ2v) is 6.33. The second kappa shape index (κ2) is 6.27. The highest BCUT2D eigenvalue weighted by Gasteiger charge is 2.26. The molecule has 0 spiro atoms. The third-order valence-electron chi connectivity index (χ3n) is 2.82. The lowest BCUT2D eigenvalue weighted by molar-refractivity contribution is -0.142. The molecule has 1 aromatic carbocycles. The molecular formula is C12H15F2NO4S. The number of carboxylic acid groups (broad SMARTS) is 1. The van der Waals surface area contributed by atoms with Gasteiger partial charge in [0.2, 0.25) is 10.0 Å². The van der Waals surface area contributed by atoms with Gasteiger partial charge < -0.3 is 5.11 Å². The van der Waals surface area contributed by atoms with Gasteiger partial charge >= 0.3 is 5.97 Å². The van der Waals surface area contributed by atoms with E-state index in [1.54, 1.807) is 13.8 Å². The zero-order chi connectivity index (χ0) is 15.5. The van der Waals surface area contributed by atoms with E-state index in [9.17, 15) is 22.0 Å². The van der Waals surface area contributed by atoms with Crippen LogP contribution in [0, 0.1) is 23.5 Å². The average molecular weight is 307 g/mol. The smallest absolute Gasteiger partial charge is 0.308 e. The van der Waals surface area contributed by atoms with Gasteiger partial charge in [-0.05, 0) is 18.1 Å². The van der Waals surface area contributed by atoms with Crippen molar-refractivity contribution in [3.05, 3.63) is 29.8 Å². The molecule has 0 fully saturated rings. The molecule has 0 aliphatic carbocycles. The molecule has 2 N–H and O–H groups in total. The lowest BCUT2D eigenvalue weighted by atomic mass is 9.97. The zero-order valence-corrected chi connectivity index (χ0v) is 11.7. The van der Waals surface area contributed by atoms with Crippen molar-refractivity contribution in [3.8, 4) is 0 Å². The average Bonchev–Trinajstić information content (AvgIpc) is 2.31. The van der Waals surface area contributed by atoms with Gasteiger partial charge in [0.25, 0.3) is 0 Å². The number of carbonyl (C=O) groups is 1. The molecule has 0 saturated heterocycles. The zero-order valence-electron chi connectivity index (χ0n) is 10.9. The van der Waals surface area contributed by atoms with Crippen molar-refractivity contribution in [2.75, 3.05) is 6.54 Å². The van der Waals surface area contributed by atoms with Crippen molar-refractivity contribution >= 4 is 16.0 Å². The van der Waals surface area contributed by atoms with Crippen LogP contribution < -0.4 is 4.72 Å². The standard InChI is InChI=1S/C12H15F2NO4S/c1-7(2)8(12(16)17)6-15-20(18,19)10-5-3-4-9(13)11(10)14/h3-5,7-8,15H,6H2,1-2H3,(H,16,17). The summed E-state index contributed by atoms with van der Waals surface area (Å²) < 4.78 is 52.1. The van der Waals surface area contributed by atoms with E-state index in [0.717, 1.165) is 18.2 Å². The van der Waals surface area contributed by atoms with Gasteiger partial charge in [0.05, 0.1) is 5.92 Å². The van der Waals surface area contributed by atoms with Crippen LogP contribution >= 0.6 is 0 Å². The second-order valence-electron chi connectivity index (χ2n) is 4.59. The Morgan fingerprint density at radius 3 is 2.45 bits per heavy atom. The van der Waals surface area contributed by atoms with Crippen molar-refractivity contribution in [2.24, 2.45) is 11.8 Å². The molecule has 0 aliphatic rings. The summed E-state index contributed by atoms with van der Waals surface area (Å²) in [6.07, 6.45) is 0. The molecule has 0 aliphatic heterocycles. The van der Waals surface area contributed by atoms with Crippen LogP contribution in [-0.4, -0.2) is 26.0 Å². The Labute approximate surface area is 115 Å². The largest absolute Gasteiger partial charge is 0.481 e. The van der Waals surface area contributed by atoms with Gasteiger partial charge in [0, 0.05) is 6.54 Å². The highest BCUT2D eigenvalue weighted by molar-refractivity contribution is 7.89. The van der Waals surface area contributed by atoms with Crippen LogP contribution in [0.1, 0.15) is 13.8 Å². The molecule has 1 rings (SSSR count). The van der Waals surface area contributed by atoms with Crippen molar-refractivity contribution in [1.29, 1.82) is 0 Å². The summed E-state index contributed by atoms with van der Waals surface area (Å²) in [7, 11) is -4.30. The van der Waals surface area contributed by atoms with Crippen LogP contribution in [0.5, 0.6) is 0 Å². The Morgan fingerprint density at radius 1 is 1.35 bits per heavy atom. The highest BCUT2D eigenvalue weighted by Crippen LogP contribution is 2.17. The fourth-order valence-electron chi connectivity index (χ4n) is 1.58. The predicted molar refractivity (Wildman–Crippen MR) is 67.5 cm³/mol. The topological polar surface area (TPSA) is 83.5 Å². The molecule has 8 heteroatoms. The van der Waals surface area contributed by atoms with Crippen LogP contribution in [0.3, 0.4) is 0 Å². The Bertz CT molecular complexity index is 601. The minimum Gasteiger partial charge on any atom is -0.481 e. The summed E-state index contributed by atoms with van der Waals surface area (Å²) >= 11 is 0. The first kappa shape index (κ1) is 16.5. The number of hydrogen-bond donors (Lipinski definition) is 2. The van der Waals surface area contributed by atoms with Crippen molar-refractivity contribution < 1.29 is 27.1 Å². The predicted octanol–water partition coefficient (Wildman–Crippen LogP) is 1.60. The SMILES string of the molecule is CC(C)C(CNS(=O)(=O)c1cccc(F)c1F)C(=O)O. The van der Waals surface area contributed by atoms with E-state index in [2.05, 4.69) is 0 Å². The summed E-state index contributed by atoms with van der Waals surface area (Å²) in [5.74, 6) is -5.21. The first-order valence-corrected chi connectivity index (χ1v) is 7.31. The van der Waals surface area contributed by atoms with Gasteiger partial charge in [0.15, 0.2) is 11.6 Å². The van der Waals surface area contributed by atoms with Gasteiger partial charge in [-0.3, -0.25) is 4.79 Å². The number of nitrogens with one attached hydrogen (secondary N) is 1. The van der Waals surface area contributed by atoms with Crippen LogP contribution in [0.4, 0.5) is 8.78 Å². The van der Waals surface area contributed by atoms with Gasteiger partial charge in [0.1, 0.15) is 4.90 Å². The molecule has 0 saturated carbocycles. The Morgan fingerprint density at radius 2 is 1.95 bits per heavy atom. The summed E-state index contributed by atoms with van der Waals surface area (Å²) in [6, 6.07) is 2.76. The maximum absolute atomic E-state index is 13.4. The van der Waals surface area contributed by atoms with E-state index in [1.165, 1.54) is 0 Å². The number of sulfonamides is 1. The molecule has 0 heterocycles. The number of halogens is 2. The van der Waals surface area contributed by atoms with Gasteiger partial charge in [-0.15, -0.1) is 0 Å². The number of rotatable bonds is 6. The lowest BCUT2D eigenvalue weighted by Gasteiger charge is -2.17. The monoisotopic (exact) mass is 307 g/mol. The summed E-state index contributed by atoms with van der Waals surface area (Å²) in [5, 5.41) is 8.94. The van der Waals surface area contributed by atoms with E-state index in [-0.39, 0.29) is 5.92 Å². The van der Waals surface area contributed by atoms with E-state index in [0.29, 0.717) is 0 Å². The van der Waals surface area contributed by atoms with Crippen LogP contribution in [0.2, 0.25) is 0 Å². The van der Waals surface area contributed by atoms with Crippen LogP contribution in [0.15, 0.2) is 23.1 Å². The highest BCUT2D eigenvalue weighted by atomic mass is 32.2. The molecule has 1 atom stereocenters. The molecule has 1 unspecified atom stereocenters. The van der Waals surface area contributed by atoms with Gasteiger partial charge in [-0.1, -0.05) is 19.9 Å². The molecule has 112 valence electrons. The van der Waals surface area contributed by atoms with Crippen molar-refractivity contribution in [3.63, 3.8) is 0 Å². The number of benzene rings is 1. The fraction of sp³-hybridized carbons (Fsp3) is 0.417. The fourth-order valence-corrected chi connectivity index (χ4v) is 2.72. The minimum atomic E-state index is -4.30. The third kappa shape index (κ3) is 3.73. The summed E-state index contributed by atoms with van der Waals surface area (Å²) in [6.45, 7) is 2.84. The Balaban J connectivity index is 2.96. The molecule has 0 aromatic heterocycles. The lowest BCUT2D eigenvalue weighted by Crippen LogP contribution is -2.35. The molecule has 1 aromatic rings. The number of aliphatic carboxylic acids is 1. The first-order chi connectivity index (χ1) is 9.16. The van der Waals surface area contributed by atoms with Crippen molar-refractivity contribution in [1.82, 2.24) is 4.72 Å². The molecule has 20 heavy (non-hydrogen) atoms. The maximum atomic E-state index is 13.4. The molecule has 0 radical (unpaired) electrons. The molecule has 5 nitrogen and oxygen atoms in total. The summed E-state index contributed by atoms with van der Waals surface area (Å²) in [5.41, 5.74) is 0. The minimum absolute atomic E-state index is 0.312. The van der Waals surface area contributed by atoms with Gasteiger partial charge in [-0.25, -0.2) is 21.9 Å². The van der Waals surface area contributed by atoms with E-state index >= 15 is 0 Å². The first-order valence-electron chi connectivity index (χ1n) is 5.83. The normalized spacial score (nSPS) is 13.4. The quantitative estimate of drug-likeness (QED) is 0.836. The number of carboxylic acids is 1. The van der Waals surface area contributed by atoms with E-state index in [4.69, 9.17) is 5.11 Å². The molecule has 0 amide bonds. The molecular weight excluding hydrogens is 292 g/mol. The maximum Gasteiger partial charge on any atom is 0.308 e. The van der Waals surface area contributed by atoms with Crippen LogP contribution in [-0.2, 0) is 14.8 Å². The van der Waals surface area contributed by atoms with Crippen molar-refractivity contribution in [2.45, 2.75) is 18.7 Å². The summed E-state index contributed by atoms with van der Waals surface area (Å²) in [4.78, 5) is 10.1. The Hall–Kier alpha value is -1.54. The third-order valence-corrected chi connectivity index (χ3v) is 4.26. The number of hydrogen-bond acceptors (Lipinski definition) is 3. The van der Waals surface area contributed by atoms with E-state index < -0.39 is 45.0 Å². The van der Waals surface area contributed by atoms with E-state index in [1.807, 2.05) is 4.72 Å². The Kier molecular flexibility index (Phi) is 5.18. The molecule has 0 bridgehead atoms.